The van der Waals surface area contributed by atoms with Crippen LogP contribution in [0.15, 0.2) is 6.33 Å². The van der Waals surface area contributed by atoms with Gasteiger partial charge in [-0.15, -0.1) is 0 Å². The second-order valence-electron chi connectivity index (χ2n) is 3.98. The van der Waals surface area contributed by atoms with Gasteiger partial charge >= 0.3 is 0 Å². The van der Waals surface area contributed by atoms with Gasteiger partial charge in [-0.05, 0) is 32.6 Å². The van der Waals surface area contributed by atoms with E-state index in [0.29, 0.717) is 6.04 Å². The molecule has 0 aromatic carbocycles. The number of hydrogen-bond donors (Lipinski definition) is 2. The topological polar surface area (TPSA) is 40.7 Å². The summed E-state index contributed by atoms with van der Waals surface area (Å²) in [4.78, 5) is 7.34. The molecule has 2 rings (SSSR count). The molecule has 0 aliphatic heterocycles. The zero-order valence-electron chi connectivity index (χ0n) is 8.30. The average molecular weight is 179 g/mol. The Morgan fingerprint density at radius 2 is 2.46 bits per heavy atom. The number of rotatable bonds is 4. The van der Waals surface area contributed by atoms with Gasteiger partial charge in [-0.1, -0.05) is 0 Å². The molecule has 0 bridgehead atoms. The van der Waals surface area contributed by atoms with E-state index in [4.69, 9.17) is 0 Å². The summed E-state index contributed by atoms with van der Waals surface area (Å²) in [7, 11) is 0. The van der Waals surface area contributed by atoms with Gasteiger partial charge in [-0.3, -0.25) is 0 Å². The Hall–Kier alpha value is -0.830. The van der Waals surface area contributed by atoms with E-state index in [-0.39, 0.29) is 0 Å². The fourth-order valence-corrected chi connectivity index (χ4v) is 1.59. The van der Waals surface area contributed by atoms with Crippen molar-refractivity contribution in [3.8, 4) is 0 Å². The van der Waals surface area contributed by atoms with Crippen LogP contribution >= 0.6 is 0 Å². The minimum Gasteiger partial charge on any atom is -0.348 e. The van der Waals surface area contributed by atoms with E-state index < -0.39 is 0 Å². The van der Waals surface area contributed by atoms with Crippen LogP contribution in [-0.4, -0.2) is 16.0 Å². The minimum absolute atomic E-state index is 0.649. The molecule has 1 aromatic heterocycles. The van der Waals surface area contributed by atoms with Crippen LogP contribution in [0.1, 0.15) is 31.2 Å². The van der Waals surface area contributed by atoms with Crippen LogP contribution in [0.2, 0.25) is 0 Å². The Morgan fingerprint density at radius 1 is 1.69 bits per heavy atom. The van der Waals surface area contributed by atoms with Crippen LogP contribution in [0.5, 0.6) is 0 Å². The van der Waals surface area contributed by atoms with E-state index in [1.807, 2.05) is 0 Å². The number of nitrogens with zero attached hydrogens (tertiary/aromatic N) is 1. The van der Waals surface area contributed by atoms with Crippen molar-refractivity contribution < 1.29 is 0 Å². The van der Waals surface area contributed by atoms with E-state index >= 15 is 0 Å². The molecule has 72 valence electrons. The molecule has 3 heteroatoms. The predicted molar refractivity (Wildman–Crippen MR) is 52.4 cm³/mol. The van der Waals surface area contributed by atoms with Crippen LogP contribution < -0.4 is 5.32 Å². The maximum absolute atomic E-state index is 4.25. The van der Waals surface area contributed by atoms with Crippen molar-refractivity contribution in [2.45, 2.75) is 39.3 Å². The largest absolute Gasteiger partial charge is 0.348 e. The van der Waals surface area contributed by atoms with Crippen LogP contribution in [0.4, 0.5) is 0 Å². The smallest absolute Gasteiger partial charge is 0.0925 e. The van der Waals surface area contributed by atoms with Crippen molar-refractivity contribution in [1.29, 1.82) is 0 Å². The minimum atomic E-state index is 0.649. The van der Waals surface area contributed by atoms with Crippen molar-refractivity contribution in [3.05, 3.63) is 17.7 Å². The third-order valence-electron chi connectivity index (χ3n) is 2.85. The maximum atomic E-state index is 4.25. The number of imidazole rings is 1. The molecule has 0 radical (unpaired) electrons. The van der Waals surface area contributed by atoms with E-state index in [2.05, 4.69) is 29.1 Å². The molecule has 0 spiro atoms. The summed E-state index contributed by atoms with van der Waals surface area (Å²) in [5, 5.41) is 3.51. The first kappa shape index (κ1) is 8.75. The molecular formula is C10H17N3. The van der Waals surface area contributed by atoms with Crippen LogP contribution in [-0.2, 0) is 6.54 Å². The molecule has 1 aliphatic rings. The molecule has 1 fully saturated rings. The molecule has 0 amide bonds. The molecular weight excluding hydrogens is 162 g/mol. The summed E-state index contributed by atoms with van der Waals surface area (Å²) in [5.74, 6) is 0.916. The number of aromatic amines is 1. The number of aryl methyl sites for hydroxylation is 1. The number of H-pyrrole nitrogens is 1. The number of aromatic nitrogens is 2. The fourth-order valence-electron chi connectivity index (χ4n) is 1.59. The Morgan fingerprint density at radius 3 is 3.00 bits per heavy atom. The maximum Gasteiger partial charge on any atom is 0.0925 e. The zero-order chi connectivity index (χ0) is 9.26. The fraction of sp³-hybridized carbons (Fsp3) is 0.700. The quantitative estimate of drug-likeness (QED) is 0.737. The lowest BCUT2D eigenvalue weighted by Crippen LogP contribution is -2.27. The molecule has 0 saturated heterocycles. The summed E-state index contributed by atoms with van der Waals surface area (Å²) in [6.07, 6.45) is 4.55. The third kappa shape index (κ3) is 2.10. The molecule has 1 unspecified atom stereocenters. The lowest BCUT2D eigenvalue weighted by Gasteiger charge is -2.11. The lowest BCUT2D eigenvalue weighted by molar-refractivity contribution is 0.492. The van der Waals surface area contributed by atoms with Gasteiger partial charge in [0, 0.05) is 18.3 Å². The first-order chi connectivity index (χ1) is 6.27. The first-order valence-corrected chi connectivity index (χ1v) is 4.99. The number of hydrogen-bond acceptors (Lipinski definition) is 2. The van der Waals surface area contributed by atoms with E-state index in [1.54, 1.807) is 6.33 Å². The third-order valence-corrected chi connectivity index (χ3v) is 2.85. The Kier molecular flexibility index (Phi) is 2.36. The molecule has 1 heterocycles. The Balaban J connectivity index is 1.81. The Bertz CT molecular complexity index is 275. The highest BCUT2D eigenvalue weighted by Gasteiger charge is 2.27. The Labute approximate surface area is 79.0 Å². The van der Waals surface area contributed by atoms with Gasteiger partial charge in [-0.25, -0.2) is 4.98 Å². The molecule has 1 aromatic rings. The standard InChI is InChI=1S/C10H17N3/c1-7(9-3-4-9)11-5-10-8(2)12-6-13-10/h6-7,9,11H,3-5H2,1-2H3,(H,12,13). The van der Waals surface area contributed by atoms with Crippen molar-refractivity contribution in [1.82, 2.24) is 15.3 Å². The zero-order valence-corrected chi connectivity index (χ0v) is 8.30. The molecule has 1 saturated carbocycles. The van der Waals surface area contributed by atoms with Gasteiger partial charge < -0.3 is 10.3 Å². The molecule has 13 heavy (non-hydrogen) atoms. The molecule has 1 aliphatic carbocycles. The van der Waals surface area contributed by atoms with E-state index in [9.17, 15) is 0 Å². The summed E-state index contributed by atoms with van der Waals surface area (Å²) >= 11 is 0. The summed E-state index contributed by atoms with van der Waals surface area (Å²) in [6.45, 7) is 5.22. The van der Waals surface area contributed by atoms with Crippen molar-refractivity contribution in [2.24, 2.45) is 5.92 Å². The van der Waals surface area contributed by atoms with Crippen molar-refractivity contribution in [3.63, 3.8) is 0 Å². The summed E-state index contributed by atoms with van der Waals surface area (Å²) in [6, 6.07) is 0.649. The molecule has 3 nitrogen and oxygen atoms in total. The highest BCUT2D eigenvalue weighted by Crippen LogP contribution is 2.32. The van der Waals surface area contributed by atoms with Gasteiger partial charge in [0.1, 0.15) is 0 Å². The number of nitrogens with one attached hydrogen (secondary N) is 2. The highest BCUT2D eigenvalue weighted by molar-refractivity contribution is 5.08. The van der Waals surface area contributed by atoms with Gasteiger partial charge in [0.15, 0.2) is 0 Å². The second-order valence-corrected chi connectivity index (χ2v) is 3.98. The van der Waals surface area contributed by atoms with Gasteiger partial charge in [0.2, 0.25) is 0 Å². The van der Waals surface area contributed by atoms with Gasteiger partial charge in [-0.2, -0.15) is 0 Å². The van der Waals surface area contributed by atoms with Crippen molar-refractivity contribution in [2.75, 3.05) is 0 Å². The van der Waals surface area contributed by atoms with Crippen LogP contribution in [0, 0.1) is 12.8 Å². The monoisotopic (exact) mass is 179 g/mol. The molecule has 1 atom stereocenters. The second kappa shape index (κ2) is 3.50. The van der Waals surface area contributed by atoms with Gasteiger partial charge in [0.25, 0.3) is 0 Å². The van der Waals surface area contributed by atoms with Crippen LogP contribution in [0.25, 0.3) is 0 Å². The highest BCUT2D eigenvalue weighted by atomic mass is 15.0. The first-order valence-electron chi connectivity index (χ1n) is 4.99. The summed E-state index contributed by atoms with van der Waals surface area (Å²) in [5.41, 5.74) is 2.32. The van der Waals surface area contributed by atoms with E-state index in [1.165, 1.54) is 18.5 Å². The molecule has 2 N–H and O–H groups in total. The van der Waals surface area contributed by atoms with Gasteiger partial charge in [0.05, 0.1) is 12.0 Å². The normalized spacial score (nSPS) is 18.9. The predicted octanol–water partition coefficient (Wildman–Crippen LogP) is 1.61. The average Bonchev–Trinajstić information content (AvgIpc) is 2.88. The van der Waals surface area contributed by atoms with E-state index in [0.717, 1.165) is 18.2 Å². The van der Waals surface area contributed by atoms with Crippen molar-refractivity contribution >= 4 is 0 Å². The van der Waals surface area contributed by atoms with Crippen LogP contribution in [0.3, 0.4) is 0 Å². The lowest BCUT2D eigenvalue weighted by atomic mass is 10.2. The SMILES string of the molecule is Cc1[nH]cnc1CNC(C)C1CC1. The summed E-state index contributed by atoms with van der Waals surface area (Å²) < 4.78 is 0.